The van der Waals surface area contributed by atoms with Crippen LogP contribution < -0.4 is 15.4 Å². The minimum absolute atomic E-state index is 0.0378. The molecule has 2 aromatic rings. The highest BCUT2D eigenvalue weighted by Gasteiger charge is 2.32. The number of hydrogen-bond donors (Lipinski definition) is 2. The molecule has 0 radical (unpaired) electrons. The van der Waals surface area contributed by atoms with E-state index < -0.39 is 22.1 Å². The zero-order valence-corrected chi connectivity index (χ0v) is 20.7. The van der Waals surface area contributed by atoms with Crippen LogP contribution in [0.5, 0.6) is 5.75 Å². The Kier molecular flexibility index (Phi) is 7.68. The molecule has 178 valence electrons. The number of nitrogens with zero attached hydrogens (tertiary/aromatic N) is 1. The molecule has 0 aromatic heterocycles. The number of benzene rings is 2. The SMILES string of the molecule is COc1ccc(C(NC(=O)C(C)N2CCCC2=O)C(=O)Nc2ccc(S(C)(C)C)cc2)cc1. The first-order valence-electron chi connectivity index (χ1n) is 10.9. The number of rotatable bonds is 8. The van der Waals surface area contributed by atoms with Gasteiger partial charge in [0.1, 0.15) is 17.8 Å². The molecule has 3 rings (SSSR count). The summed E-state index contributed by atoms with van der Waals surface area (Å²) in [4.78, 5) is 41.1. The van der Waals surface area contributed by atoms with Gasteiger partial charge in [0.25, 0.3) is 5.91 Å². The third kappa shape index (κ3) is 6.07. The van der Waals surface area contributed by atoms with Gasteiger partial charge in [-0.1, -0.05) is 12.1 Å². The monoisotopic (exact) mass is 471 g/mol. The van der Waals surface area contributed by atoms with Crippen LogP contribution in [0.1, 0.15) is 31.4 Å². The Balaban J connectivity index is 1.80. The van der Waals surface area contributed by atoms with E-state index in [0.29, 0.717) is 30.0 Å². The molecule has 2 aromatic carbocycles. The molecule has 1 heterocycles. The molecule has 0 aliphatic carbocycles. The van der Waals surface area contributed by atoms with Crippen molar-refractivity contribution in [2.75, 3.05) is 37.7 Å². The highest BCUT2D eigenvalue weighted by atomic mass is 32.3. The van der Waals surface area contributed by atoms with Gasteiger partial charge in [0.05, 0.1) is 7.11 Å². The van der Waals surface area contributed by atoms with Gasteiger partial charge >= 0.3 is 0 Å². The number of ether oxygens (including phenoxy) is 1. The van der Waals surface area contributed by atoms with Crippen molar-refractivity contribution in [3.63, 3.8) is 0 Å². The third-order valence-corrected chi connectivity index (χ3v) is 7.47. The lowest BCUT2D eigenvalue weighted by Crippen LogP contribution is -2.48. The summed E-state index contributed by atoms with van der Waals surface area (Å²) >= 11 is 0. The maximum absolute atomic E-state index is 13.3. The van der Waals surface area contributed by atoms with Crippen molar-refractivity contribution < 1.29 is 19.1 Å². The van der Waals surface area contributed by atoms with Crippen LogP contribution in [-0.2, 0) is 14.4 Å². The second kappa shape index (κ2) is 10.3. The van der Waals surface area contributed by atoms with Crippen molar-refractivity contribution in [1.29, 1.82) is 0 Å². The molecule has 3 amide bonds. The summed E-state index contributed by atoms with van der Waals surface area (Å²) in [6, 6.07) is 13.2. The van der Waals surface area contributed by atoms with Gasteiger partial charge in [0.15, 0.2) is 0 Å². The fourth-order valence-corrected chi connectivity index (χ4v) is 4.69. The maximum atomic E-state index is 13.3. The number of methoxy groups -OCH3 is 1. The van der Waals surface area contributed by atoms with Gasteiger partial charge in [-0.15, -0.1) is 0 Å². The summed E-state index contributed by atoms with van der Waals surface area (Å²) < 4.78 is 5.21. The average molecular weight is 472 g/mol. The summed E-state index contributed by atoms with van der Waals surface area (Å²) in [5, 5.41) is 5.76. The van der Waals surface area contributed by atoms with E-state index in [4.69, 9.17) is 4.74 Å². The molecule has 2 atom stereocenters. The van der Waals surface area contributed by atoms with E-state index in [9.17, 15) is 14.4 Å². The fraction of sp³-hybridized carbons (Fsp3) is 0.400. The number of hydrogen-bond acceptors (Lipinski definition) is 4. The van der Waals surface area contributed by atoms with E-state index in [0.717, 1.165) is 6.42 Å². The summed E-state index contributed by atoms with van der Waals surface area (Å²) in [5.74, 6) is -0.109. The predicted molar refractivity (Wildman–Crippen MR) is 133 cm³/mol. The van der Waals surface area contributed by atoms with Crippen molar-refractivity contribution in [2.24, 2.45) is 0 Å². The zero-order chi connectivity index (χ0) is 24.2. The fourth-order valence-electron chi connectivity index (χ4n) is 3.74. The van der Waals surface area contributed by atoms with E-state index in [2.05, 4.69) is 29.4 Å². The number of amides is 3. The number of likely N-dealkylation sites (tertiary alicyclic amines) is 1. The lowest BCUT2D eigenvalue weighted by molar-refractivity contribution is -0.137. The smallest absolute Gasteiger partial charge is 0.251 e. The van der Waals surface area contributed by atoms with Crippen LogP contribution in [0.2, 0.25) is 0 Å². The molecule has 2 N–H and O–H groups in total. The third-order valence-electron chi connectivity index (χ3n) is 5.78. The number of nitrogens with one attached hydrogen (secondary N) is 2. The quantitative estimate of drug-likeness (QED) is 0.616. The van der Waals surface area contributed by atoms with E-state index in [1.165, 1.54) is 4.90 Å². The summed E-state index contributed by atoms with van der Waals surface area (Å²) in [6.07, 6.45) is 7.82. The Hall–Kier alpha value is -3.00. The number of carbonyl (C=O) groups excluding carboxylic acids is 3. The van der Waals surface area contributed by atoms with E-state index >= 15 is 0 Å². The summed E-state index contributed by atoms with van der Waals surface area (Å²) in [5.41, 5.74) is 1.28. The number of anilines is 1. The van der Waals surface area contributed by atoms with Crippen LogP contribution >= 0.6 is 10.0 Å². The Morgan fingerprint density at radius 2 is 1.64 bits per heavy atom. The molecule has 1 aliphatic heterocycles. The molecule has 33 heavy (non-hydrogen) atoms. The Bertz CT molecular complexity index is 1000. The Labute approximate surface area is 197 Å². The largest absolute Gasteiger partial charge is 0.497 e. The standard InChI is InChI=1S/C25H33N3O4S/c1-17(28-16-6-7-22(28)29)24(30)27-23(18-8-12-20(32-2)13-9-18)25(31)26-19-10-14-21(15-11-19)33(3,4)5/h8-15,17,23H,6-7,16H2,1-5H3,(H,26,31)(H,27,30). The molecule has 8 heteroatoms. The molecule has 1 fully saturated rings. The molecule has 1 saturated heterocycles. The van der Waals surface area contributed by atoms with E-state index in [1.54, 1.807) is 43.2 Å². The Morgan fingerprint density at radius 1 is 1.00 bits per heavy atom. The molecule has 2 unspecified atom stereocenters. The molecular weight excluding hydrogens is 438 g/mol. The highest BCUT2D eigenvalue weighted by Crippen LogP contribution is 2.45. The molecule has 7 nitrogen and oxygen atoms in total. The summed E-state index contributed by atoms with van der Waals surface area (Å²) in [6.45, 7) is 2.24. The van der Waals surface area contributed by atoms with Gasteiger partial charge < -0.3 is 20.3 Å². The first-order valence-corrected chi connectivity index (χ1v) is 13.8. The van der Waals surface area contributed by atoms with Crippen molar-refractivity contribution in [3.8, 4) is 5.75 Å². The van der Waals surface area contributed by atoms with Crippen LogP contribution in [0.4, 0.5) is 5.69 Å². The first kappa shape index (κ1) is 24.6. The van der Waals surface area contributed by atoms with Crippen molar-refractivity contribution in [3.05, 3.63) is 54.1 Å². The second-order valence-electron chi connectivity index (χ2n) is 8.93. The van der Waals surface area contributed by atoms with Crippen molar-refractivity contribution >= 4 is 33.4 Å². The van der Waals surface area contributed by atoms with Gasteiger partial charge in [0, 0.05) is 18.7 Å². The number of carbonyl (C=O) groups is 3. The molecular formula is C25H33N3O4S. The van der Waals surface area contributed by atoms with Crippen molar-refractivity contribution in [2.45, 2.75) is 36.7 Å². The predicted octanol–water partition coefficient (Wildman–Crippen LogP) is 3.56. The van der Waals surface area contributed by atoms with Gasteiger partial charge in [-0.05, 0) is 79.0 Å². The molecule has 0 spiro atoms. The highest BCUT2D eigenvalue weighted by molar-refractivity contribution is 8.32. The second-order valence-corrected chi connectivity index (χ2v) is 13.1. The van der Waals surface area contributed by atoms with Crippen LogP contribution in [0.15, 0.2) is 53.4 Å². The normalized spacial score (nSPS) is 16.2. The van der Waals surface area contributed by atoms with Crippen LogP contribution in [-0.4, -0.2) is 61.1 Å². The minimum Gasteiger partial charge on any atom is -0.497 e. The minimum atomic E-state index is -0.920. The van der Waals surface area contributed by atoms with Crippen LogP contribution in [0, 0.1) is 0 Å². The van der Waals surface area contributed by atoms with Gasteiger partial charge in [0.2, 0.25) is 11.8 Å². The lowest BCUT2D eigenvalue weighted by atomic mass is 10.0. The lowest BCUT2D eigenvalue weighted by Gasteiger charge is -2.27. The topological polar surface area (TPSA) is 87.7 Å². The zero-order valence-electron chi connectivity index (χ0n) is 19.9. The average Bonchev–Trinajstić information content (AvgIpc) is 3.22. The van der Waals surface area contributed by atoms with Crippen LogP contribution in [0.3, 0.4) is 0 Å². The van der Waals surface area contributed by atoms with E-state index in [1.807, 2.05) is 24.3 Å². The molecule has 0 bridgehead atoms. The van der Waals surface area contributed by atoms with E-state index in [-0.39, 0.29) is 17.7 Å². The first-order chi connectivity index (χ1) is 15.6. The maximum Gasteiger partial charge on any atom is 0.251 e. The van der Waals surface area contributed by atoms with Gasteiger partial charge in [-0.2, -0.15) is 0 Å². The summed E-state index contributed by atoms with van der Waals surface area (Å²) in [7, 11) is 0.702. The molecule has 1 aliphatic rings. The van der Waals surface area contributed by atoms with Gasteiger partial charge in [-0.3, -0.25) is 14.4 Å². The molecule has 0 saturated carbocycles. The van der Waals surface area contributed by atoms with Crippen LogP contribution in [0.25, 0.3) is 0 Å². The Morgan fingerprint density at radius 3 is 2.15 bits per heavy atom. The van der Waals surface area contributed by atoms with Crippen molar-refractivity contribution in [1.82, 2.24) is 10.2 Å². The van der Waals surface area contributed by atoms with Gasteiger partial charge in [-0.25, -0.2) is 10.0 Å².